The molecule has 0 spiro atoms. The Hall–Kier alpha value is -0.0800. The maximum absolute atomic E-state index is 3.56. The van der Waals surface area contributed by atoms with Crippen molar-refractivity contribution in [1.82, 2.24) is 10.2 Å². The van der Waals surface area contributed by atoms with E-state index in [0.29, 0.717) is 5.54 Å². The van der Waals surface area contributed by atoms with E-state index in [1.165, 1.54) is 51.9 Å². The highest BCUT2D eigenvalue weighted by Gasteiger charge is 2.33. The van der Waals surface area contributed by atoms with Gasteiger partial charge in [0.15, 0.2) is 0 Å². The number of rotatable bonds is 7. The van der Waals surface area contributed by atoms with Crippen LogP contribution >= 0.6 is 0 Å². The van der Waals surface area contributed by atoms with Gasteiger partial charge in [0.2, 0.25) is 0 Å². The van der Waals surface area contributed by atoms with E-state index in [2.05, 4.69) is 37.9 Å². The molecular formula is C14H30N2. The molecule has 0 bridgehead atoms. The molecule has 0 aromatic heterocycles. The van der Waals surface area contributed by atoms with Gasteiger partial charge in [-0.2, -0.15) is 0 Å². The lowest BCUT2D eigenvalue weighted by Gasteiger charge is -2.37. The fraction of sp³-hybridized carbons (Fsp3) is 1.00. The first-order valence-electron chi connectivity index (χ1n) is 7.12. The Morgan fingerprint density at radius 1 is 1.25 bits per heavy atom. The molecule has 1 atom stereocenters. The standard InChI is InChI=1S/C14H30N2/c1-5-9-15-11-13-8-10-16(12-13)14(4,6-2)7-3/h13,15H,5-12H2,1-4H3. The number of nitrogens with one attached hydrogen (secondary N) is 1. The molecule has 2 heteroatoms. The summed E-state index contributed by atoms with van der Waals surface area (Å²) in [5.41, 5.74) is 0.444. The first kappa shape index (κ1) is 14.0. The molecule has 0 radical (unpaired) electrons. The summed E-state index contributed by atoms with van der Waals surface area (Å²) in [6, 6.07) is 0. The predicted molar refractivity (Wildman–Crippen MR) is 71.8 cm³/mol. The van der Waals surface area contributed by atoms with E-state index in [0.717, 1.165) is 5.92 Å². The van der Waals surface area contributed by atoms with Crippen LogP contribution in [-0.2, 0) is 0 Å². The molecule has 0 aromatic carbocycles. The summed E-state index contributed by atoms with van der Waals surface area (Å²) in [6.07, 6.45) is 5.18. The summed E-state index contributed by atoms with van der Waals surface area (Å²) >= 11 is 0. The van der Waals surface area contributed by atoms with Gasteiger partial charge in [-0.05, 0) is 58.2 Å². The summed E-state index contributed by atoms with van der Waals surface area (Å²) in [5.74, 6) is 0.879. The molecule has 2 nitrogen and oxygen atoms in total. The smallest absolute Gasteiger partial charge is 0.0176 e. The van der Waals surface area contributed by atoms with Crippen LogP contribution in [0, 0.1) is 5.92 Å². The van der Waals surface area contributed by atoms with Crippen molar-refractivity contribution in [2.45, 2.75) is 58.9 Å². The molecular weight excluding hydrogens is 196 g/mol. The van der Waals surface area contributed by atoms with E-state index in [1.807, 2.05) is 0 Å². The molecule has 96 valence electrons. The summed E-state index contributed by atoms with van der Waals surface area (Å²) < 4.78 is 0. The van der Waals surface area contributed by atoms with Crippen molar-refractivity contribution in [2.24, 2.45) is 5.92 Å². The molecule has 0 aliphatic carbocycles. The van der Waals surface area contributed by atoms with Crippen LogP contribution in [-0.4, -0.2) is 36.6 Å². The monoisotopic (exact) mass is 226 g/mol. The van der Waals surface area contributed by atoms with Crippen LogP contribution in [0.25, 0.3) is 0 Å². The molecule has 1 saturated heterocycles. The van der Waals surface area contributed by atoms with Crippen LogP contribution < -0.4 is 5.32 Å². The van der Waals surface area contributed by atoms with Gasteiger partial charge in [-0.1, -0.05) is 20.8 Å². The Kier molecular flexibility index (Phi) is 5.77. The second-order valence-corrected chi connectivity index (χ2v) is 5.51. The van der Waals surface area contributed by atoms with Gasteiger partial charge in [-0.3, -0.25) is 4.90 Å². The van der Waals surface area contributed by atoms with Gasteiger partial charge in [-0.25, -0.2) is 0 Å². The Labute approximate surface area is 102 Å². The normalized spacial score (nSPS) is 22.9. The van der Waals surface area contributed by atoms with E-state index >= 15 is 0 Å². The van der Waals surface area contributed by atoms with E-state index < -0.39 is 0 Å². The molecule has 1 heterocycles. The number of likely N-dealkylation sites (tertiary alicyclic amines) is 1. The first-order chi connectivity index (χ1) is 7.66. The van der Waals surface area contributed by atoms with E-state index in [-0.39, 0.29) is 0 Å². The van der Waals surface area contributed by atoms with Crippen LogP contribution in [0.2, 0.25) is 0 Å². The van der Waals surface area contributed by atoms with Crippen LogP contribution in [0.15, 0.2) is 0 Å². The molecule has 16 heavy (non-hydrogen) atoms. The molecule has 1 N–H and O–H groups in total. The van der Waals surface area contributed by atoms with Crippen molar-refractivity contribution in [2.75, 3.05) is 26.2 Å². The quantitative estimate of drug-likeness (QED) is 0.672. The van der Waals surface area contributed by atoms with Crippen LogP contribution in [0.5, 0.6) is 0 Å². The van der Waals surface area contributed by atoms with Gasteiger partial charge in [-0.15, -0.1) is 0 Å². The third-order valence-corrected chi connectivity index (χ3v) is 4.43. The number of nitrogens with zero attached hydrogens (tertiary/aromatic N) is 1. The summed E-state index contributed by atoms with van der Waals surface area (Å²) in [7, 11) is 0. The van der Waals surface area contributed by atoms with E-state index in [1.54, 1.807) is 0 Å². The minimum Gasteiger partial charge on any atom is -0.316 e. The van der Waals surface area contributed by atoms with Crippen molar-refractivity contribution < 1.29 is 0 Å². The predicted octanol–water partition coefficient (Wildman–Crippen LogP) is 2.89. The van der Waals surface area contributed by atoms with Crippen LogP contribution in [0.3, 0.4) is 0 Å². The largest absolute Gasteiger partial charge is 0.316 e. The number of hydrogen-bond acceptors (Lipinski definition) is 2. The summed E-state index contributed by atoms with van der Waals surface area (Å²) in [5, 5.41) is 3.56. The molecule has 0 amide bonds. The zero-order valence-electron chi connectivity index (χ0n) is 11.7. The lowest BCUT2D eigenvalue weighted by atomic mass is 9.93. The van der Waals surface area contributed by atoms with Crippen molar-refractivity contribution in [1.29, 1.82) is 0 Å². The van der Waals surface area contributed by atoms with Gasteiger partial charge >= 0.3 is 0 Å². The SMILES string of the molecule is CCCNCC1CCN(C(C)(CC)CC)C1. The van der Waals surface area contributed by atoms with Crippen molar-refractivity contribution in [3.05, 3.63) is 0 Å². The minimum atomic E-state index is 0.444. The third kappa shape index (κ3) is 3.46. The highest BCUT2D eigenvalue weighted by Crippen LogP contribution is 2.29. The van der Waals surface area contributed by atoms with Gasteiger partial charge in [0.05, 0.1) is 0 Å². The van der Waals surface area contributed by atoms with Gasteiger partial charge in [0.25, 0.3) is 0 Å². The Bertz CT molecular complexity index is 187. The third-order valence-electron chi connectivity index (χ3n) is 4.43. The molecule has 0 saturated carbocycles. The molecule has 1 fully saturated rings. The van der Waals surface area contributed by atoms with Crippen molar-refractivity contribution in [3.8, 4) is 0 Å². The van der Waals surface area contributed by atoms with Gasteiger partial charge in [0.1, 0.15) is 0 Å². The van der Waals surface area contributed by atoms with Gasteiger partial charge < -0.3 is 5.32 Å². The van der Waals surface area contributed by atoms with E-state index in [9.17, 15) is 0 Å². The summed E-state index contributed by atoms with van der Waals surface area (Å²) in [6.45, 7) is 14.3. The maximum atomic E-state index is 3.56. The molecule has 1 aliphatic rings. The Balaban J connectivity index is 2.33. The maximum Gasteiger partial charge on any atom is 0.0176 e. The van der Waals surface area contributed by atoms with Crippen molar-refractivity contribution in [3.63, 3.8) is 0 Å². The minimum absolute atomic E-state index is 0.444. The van der Waals surface area contributed by atoms with E-state index in [4.69, 9.17) is 0 Å². The zero-order valence-corrected chi connectivity index (χ0v) is 11.7. The molecule has 1 unspecified atom stereocenters. The average molecular weight is 226 g/mol. The second-order valence-electron chi connectivity index (χ2n) is 5.51. The zero-order chi connectivity index (χ0) is 12.0. The van der Waals surface area contributed by atoms with Crippen LogP contribution in [0.1, 0.15) is 53.4 Å². The summed E-state index contributed by atoms with van der Waals surface area (Å²) in [4.78, 5) is 2.71. The lowest BCUT2D eigenvalue weighted by molar-refractivity contribution is 0.120. The van der Waals surface area contributed by atoms with Crippen LogP contribution in [0.4, 0.5) is 0 Å². The van der Waals surface area contributed by atoms with Gasteiger partial charge in [0, 0.05) is 12.1 Å². The highest BCUT2D eigenvalue weighted by molar-refractivity contribution is 4.89. The highest BCUT2D eigenvalue weighted by atomic mass is 15.2. The molecule has 1 aliphatic heterocycles. The Morgan fingerprint density at radius 3 is 2.50 bits per heavy atom. The fourth-order valence-electron chi connectivity index (χ4n) is 2.67. The fourth-order valence-corrected chi connectivity index (χ4v) is 2.67. The number of hydrogen-bond donors (Lipinski definition) is 1. The molecule has 0 aromatic rings. The molecule has 1 rings (SSSR count). The lowest BCUT2D eigenvalue weighted by Crippen LogP contribution is -2.44. The second kappa shape index (κ2) is 6.61. The van der Waals surface area contributed by atoms with Crippen molar-refractivity contribution >= 4 is 0 Å². The Morgan fingerprint density at radius 2 is 1.94 bits per heavy atom. The first-order valence-corrected chi connectivity index (χ1v) is 7.12. The topological polar surface area (TPSA) is 15.3 Å². The average Bonchev–Trinajstić information content (AvgIpc) is 2.78.